The average Bonchev–Trinajstić information content (AvgIpc) is 2.45. The lowest BCUT2D eigenvalue weighted by Gasteiger charge is -2.08. The maximum Gasteiger partial charge on any atom is 0.364 e. The van der Waals surface area contributed by atoms with Gasteiger partial charge in [-0.1, -0.05) is 36.4 Å². The smallest absolute Gasteiger partial charge is 0.364 e. The minimum Gasteiger partial charge on any atom is -0.422 e. The molecule has 0 fully saturated rings. The van der Waals surface area contributed by atoms with E-state index >= 15 is 0 Å². The second-order valence-corrected chi connectivity index (χ2v) is 6.38. The number of esters is 1. The molecular formula is C16H17ClN2O2S. The highest BCUT2D eigenvalue weighted by Gasteiger charge is 2.17. The number of ether oxygens (including phenoxy) is 1. The van der Waals surface area contributed by atoms with Gasteiger partial charge in [-0.25, -0.2) is 14.8 Å². The second-order valence-electron chi connectivity index (χ2n) is 4.91. The number of carbonyl (C=O) groups is 1. The largest absolute Gasteiger partial charge is 0.422 e. The first-order valence-corrected chi connectivity index (χ1v) is 8.31. The Morgan fingerprint density at radius 1 is 1.27 bits per heavy atom. The van der Waals surface area contributed by atoms with E-state index in [-0.39, 0.29) is 10.7 Å². The van der Waals surface area contributed by atoms with Gasteiger partial charge in [-0.15, -0.1) is 0 Å². The number of thioether (sulfide) groups is 1. The summed E-state index contributed by atoms with van der Waals surface area (Å²) in [6.45, 7) is 5.96. The number of carbonyl (C=O) groups excluding carboxylic acids is 1. The van der Waals surface area contributed by atoms with Gasteiger partial charge in [0.05, 0.1) is 11.2 Å². The Hall–Kier alpha value is -1.59. The van der Waals surface area contributed by atoms with Gasteiger partial charge in [-0.3, -0.25) is 0 Å². The summed E-state index contributed by atoms with van der Waals surface area (Å²) < 4.78 is 5.38. The summed E-state index contributed by atoms with van der Waals surface area (Å²) in [6, 6.07) is 5.61. The second kappa shape index (κ2) is 7.61. The number of hydrogen-bond acceptors (Lipinski definition) is 5. The summed E-state index contributed by atoms with van der Waals surface area (Å²) in [5, 5.41) is 0.717. The number of aromatic nitrogens is 2. The summed E-state index contributed by atoms with van der Waals surface area (Å²) in [7, 11) is 0. The highest BCUT2D eigenvalue weighted by atomic mass is 35.5. The van der Waals surface area contributed by atoms with Gasteiger partial charge in [0, 0.05) is 5.75 Å². The van der Waals surface area contributed by atoms with Crippen molar-refractivity contribution >= 4 is 29.3 Å². The van der Waals surface area contributed by atoms with E-state index in [0.717, 1.165) is 23.3 Å². The SMILES string of the molecule is CCCSc1ncc(Cl)c(C(=O)Oc2cc(C)cc(C)c2)n1. The van der Waals surface area contributed by atoms with E-state index in [2.05, 4.69) is 16.9 Å². The first kappa shape index (κ1) is 16.8. The fourth-order valence-electron chi connectivity index (χ4n) is 1.90. The third-order valence-corrected chi connectivity index (χ3v) is 4.10. The van der Waals surface area contributed by atoms with Gasteiger partial charge in [0.1, 0.15) is 5.75 Å². The fourth-order valence-corrected chi connectivity index (χ4v) is 2.74. The first-order chi connectivity index (χ1) is 10.5. The predicted octanol–water partition coefficient (Wildman–Crippen LogP) is 4.47. The van der Waals surface area contributed by atoms with Crippen LogP contribution in [0.3, 0.4) is 0 Å². The van der Waals surface area contributed by atoms with Crippen LogP contribution in [0.4, 0.5) is 0 Å². The van der Waals surface area contributed by atoms with Crippen LogP contribution in [0.5, 0.6) is 5.75 Å². The van der Waals surface area contributed by atoms with Crippen molar-refractivity contribution in [2.45, 2.75) is 32.3 Å². The number of halogens is 1. The molecule has 1 aromatic carbocycles. The van der Waals surface area contributed by atoms with E-state index in [9.17, 15) is 4.79 Å². The molecule has 22 heavy (non-hydrogen) atoms. The molecule has 1 aromatic heterocycles. The molecule has 0 aliphatic heterocycles. The molecule has 0 aliphatic carbocycles. The Morgan fingerprint density at radius 3 is 2.59 bits per heavy atom. The zero-order valence-corrected chi connectivity index (χ0v) is 14.3. The predicted molar refractivity (Wildman–Crippen MR) is 88.9 cm³/mol. The zero-order chi connectivity index (χ0) is 16.1. The molecule has 1 heterocycles. The van der Waals surface area contributed by atoms with Crippen LogP contribution in [-0.4, -0.2) is 21.7 Å². The van der Waals surface area contributed by atoms with Crippen LogP contribution in [0.25, 0.3) is 0 Å². The van der Waals surface area contributed by atoms with Crippen molar-refractivity contribution in [3.8, 4) is 5.75 Å². The number of rotatable bonds is 5. The molecule has 0 saturated carbocycles. The van der Waals surface area contributed by atoms with Gasteiger partial charge in [0.15, 0.2) is 10.9 Å². The monoisotopic (exact) mass is 336 g/mol. The Balaban J connectivity index is 2.21. The highest BCUT2D eigenvalue weighted by molar-refractivity contribution is 7.99. The van der Waals surface area contributed by atoms with Gasteiger partial charge in [-0.2, -0.15) is 0 Å². The maximum absolute atomic E-state index is 12.3. The molecule has 0 aliphatic rings. The van der Waals surface area contributed by atoms with Crippen molar-refractivity contribution in [1.29, 1.82) is 0 Å². The number of hydrogen-bond donors (Lipinski definition) is 0. The van der Waals surface area contributed by atoms with Crippen molar-refractivity contribution in [2.24, 2.45) is 0 Å². The normalized spacial score (nSPS) is 10.5. The molecule has 116 valence electrons. The Labute approximate surface area is 139 Å². The molecule has 2 rings (SSSR count). The molecule has 6 heteroatoms. The lowest BCUT2D eigenvalue weighted by molar-refractivity contribution is 0.0727. The number of aryl methyl sites for hydroxylation is 2. The third-order valence-electron chi connectivity index (χ3n) is 2.76. The number of nitrogens with zero attached hydrogens (tertiary/aromatic N) is 2. The van der Waals surface area contributed by atoms with Crippen molar-refractivity contribution in [2.75, 3.05) is 5.75 Å². The molecule has 0 radical (unpaired) electrons. The summed E-state index contributed by atoms with van der Waals surface area (Å²) in [5.74, 6) is 0.795. The first-order valence-electron chi connectivity index (χ1n) is 6.95. The van der Waals surface area contributed by atoms with E-state index in [0.29, 0.717) is 10.9 Å². The summed E-state index contributed by atoms with van der Waals surface area (Å²) in [6.07, 6.45) is 2.43. The average molecular weight is 337 g/mol. The van der Waals surface area contributed by atoms with Gasteiger partial charge in [0.2, 0.25) is 0 Å². The van der Waals surface area contributed by atoms with Crippen molar-refractivity contribution in [3.63, 3.8) is 0 Å². The molecule has 4 nitrogen and oxygen atoms in total. The molecule has 0 N–H and O–H groups in total. The molecule has 0 amide bonds. The number of benzene rings is 1. The molecular weight excluding hydrogens is 320 g/mol. The Kier molecular flexibility index (Phi) is 5.80. The van der Waals surface area contributed by atoms with Crippen LogP contribution in [0, 0.1) is 13.8 Å². The lowest BCUT2D eigenvalue weighted by Crippen LogP contribution is -2.12. The van der Waals surface area contributed by atoms with E-state index in [4.69, 9.17) is 16.3 Å². The highest BCUT2D eigenvalue weighted by Crippen LogP contribution is 2.22. The maximum atomic E-state index is 12.3. The van der Waals surface area contributed by atoms with Crippen molar-refractivity contribution < 1.29 is 9.53 Å². The topological polar surface area (TPSA) is 52.1 Å². The Bertz CT molecular complexity index is 672. The van der Waals surface area contributed by atoms with Crippen LogP contribution in [0.2, 0.25) is 5.02 Å². The quantitative estimate of drug-likeness (QED) is 0.349. The summed E-state index contributed by atoms with van der Waals surface area (Å²) >= 11 is 7.50. The Morgan fingerprint density at radius 2 is 1.95 bits per heavy atom. The van der Waals surface area contributed by atoms with Crippen LogP contribution >= 0.6 is 23.4 Å². The van der Waals surface area contributed by atoms with Crippen LogP contribution < -0.4 is 4.74 Å². The minimum absolute atomic E-state index is 0.0921. The minimum atomic E-state index is -0.573. The van der Waals surface area contributed by atoms with E-state index in [1.807, 2.05) is 19.9 Å². The van der Waals surface area contributed by atoms with Crippen LogP contribution in [-0.2, 0) is 0 Å². The van der Waals surface area contributed by atoms with Crippen molar-refractivity contribution in [1.82, 2.24) is 9.97 Å². The van der Waals surface area contributed by atoms with Crippen LogP contribution in [0.1, 0.15) is 35.0 Å². The molecule has 0 unspecified atom stereocenters. The molecule has 0 spiro atoms. The van der Waals surface area contributed by atoms with Crippen molar-refractivity contribution in [3.05, 3.63) is 46.2 Å². The van der Waals surface area contributed by atoms with Gasteiger partial charge in [-0.05, 0) is 43.5 Å². The van der Waals surface area contributed by atoms with Crippen LogP contribution in [0.15, 0.2) is 29.6 Å². The van der Waals surface area contributed by atoms with Gasteiger partial charge >= 0.3 is 5.97 Å². The molecule has 0 saturated heterocycles. The molecule has 0 bridgehead atoms. The van der Waals surface area contributed by atoms with Gasteiger partial charge < -0.3 is 4.74 Å². The standard InChI is InChI=1S/C16H17ClN2O2S/c1-4-5-22-16-18-9-13(17)14(19-16)15(20)21-12-7-10(2)6-11(3)8-12/h6-9H,4-5H2,1-3H3. The summed E-state index contributed by atoms with van der Waals surface area (Å²) in [5.41, 5.74) is 2.14. The fraction of sp³-hybridized carbons (Fsp3) is 0.312. The van der Waals surface area contributed by atoms with E-state index < -0.39 is 5.97 Å². The summed E-state index contributed by atoms with van der Waals surface area (Å²) in [4.78, 5) is 20.6. The van der Waals surface area contributed by atoms with E-state index in [1.165, 1.54) is 18.0 Å². The van der Waals surface area contributed by atoms with Gasteiger partial charge in [0.25, 0.3) is 0 Å². The lowest BCUT2D eigenvalue weighted by atomic mass is 10.1. The zero-order valence-electron chi connectivity index (χ0n) is 12.7. The molecule has 0 atom stereocenters. The molecule has 2 aromatic rings. The third kappa shape index (κ3) is 4.45. The van der Waals surface area contributed by atoms with E-state index in [1.54, 1.807) is 12.1 Å².